The molecule has 1 fully saturated rings. The number of morpholine rings is 1. The normalized spacial score (nSPS) is 24.2. The topological polar surface area (TPSA) is 46.6 Å². The average molecular weight is 247 g/mol. The zero-order chi connectivity index (χ0) is 10.9. The number of hydrogen-bond donors (Lipinski definition) is 0. The summed E-state index contributed by atoms with van der Waals surface area (Å²) < 4.78 is 31.4. The van der Waals surface area contributed by atoms with Crippen LogP contribution in [-0.4, -0.2) is 38.5 Å². The third-order valence-electron chi connectivity index (χ3n) is 2.29. The standard InChI is InChI=1S/C9H13NO3S2/c1-8-7-10(4-5-13-8)15(11,12)9-3-2-6-14-9/h2-3,6,8H,4-5,7H2,1H3/t8-/m0/s1. The molecule has 1 aromatic rings. The molecule has 0 aromatic carbocycles. The molecule has 84 valence electrons. The molecule has 1 saturated heterocycles. The monoisotopic (exact) mass is 247 g/mol. The van der Waals surface area contributed by atoms with E-state index >= 15 is 0 Å². The predicted molar refractivity (Wildman–Crippen MR) is 58.5 cm³/mol. The number of hydrogen-bond acceptors (Lipinski definition) is 4. The highest BCUT2D eigenvalue weighted by Gasteiger charge is 2.29. The van der Waals surface area contributed by atoms with Crippen molar-refractivity contribution in [3.63, 3.8) is 0 Å². The summed E-state index contributed by atoms with van der Waals surface area (Å²) in [5.41, 5.74) is 0. The zero-order valence-electron chi connectivity index (χ0n) is 8.42. The molecular weight excluding hydrogens is 234 g/mol. The molecule has 1 aromatic heterocycles. The number of thiophene rings is 1. The summed E-state index contributed by atoms with van der Waals surface area (Å²) in [7, 11) is -3.28. The van der Waals surface area contributed by atoms with Gasteiger partial charge < -0.3 is 4.74 Å². The van der Waals surface area contributed by atoms with Crippen LogP contribution in [-0.2, 0) is 14.8 Å². The van der Waals surface area contributed by atoms with Crippen molar-refractivity contribution in [1.82, 2.24) is 4.31 Å². The minimum atomic E-state index is -3.28. The molecule has 0 unspecified atom stereocenters. The Bertz CT molecular complexity index is 413. The molecule has 1 atom stereocenters. The predicted octanol–water partition coefficient (Wildman–Crippen LogP) is 1.16. The number of sulfonamides is 1. The summed E-state index contributed by atoms with van der Waals surface area (Å²) in [4.78, 5) is 0. The van der Waals surface area contributed by atoms with E-state index in [1.54, 1.807) is 17.5 Å². The van der Waals surface area contributed by atoms with Gasteiger partial charge in [0.25, 0.3) is 10.0 Å². The van der Waals surface area contributed by atoms with Crippen molar-refractivity contribution in [1.29, 1.82) is 0 Å². The van der Waals surface area contributed by atoms with E-state index in [-0.39, 0.29) is 6.10 Å². The lowest BCUT2D eigenvalue weighted by atomic mass is 10.3. The first-order valence-corrected chi connectivity index (χ1v) is 7.08. The van der Waals surface area contributed by atoms with E-state index in [1.807, 2.05) is 6.92 Å². The molecule has 0 amide bonds. The van der Waals surface area contributed by atoms with Crippen molar-refractivity contribution in [2.75, 3.05) is 19.7 Å². The molecule has 0 spiro atoms. The van der Waals surface area contributed by atoms with Gasteiger partial charge in [-0.15, -0.1) is 11.3 Å². The van der Waals surface area contributed by atoms with E-state index in [9.17, 15) is 8.42 Å². The molecule has 0 bridgehead atoms. The van der Waals surface area contributed by atoms with Crippen LogP contribution in [0.15, 0.2) is 21.7 Å². The van der Waals surface area contributed by atoms with Crippen LogP contribution in [0.3, 0.4) is 0 Å². The summed E-state index contributed by atoms with van der Waals surface area (Å²) in [6, 6.07) is 3.39. The Kier molecular flexibility index (Phi) is 3.11. The maximum absolute atomic E-state index is 12.1. The molecule has 2 heterocycles. The van der Waals surface area contributed by atoms with E-state index in [2.05, 4.69) is 0 Å². The van der Waals surface area contributed by atoms with Crippen molar-refractivity contribution in [3.8, 4) is 0 Å². The fraction of sp³-hybridized carbons (Fsp3) is 0.556. The third-order valence-corrected chi connectivity index (χ3v) is 5.53. The second-order valence-corrected chi connectivity index (χ2v) is 6.59. The molecule has 2 rings (SSSR count). The van der Waals surface area contributed by atoms with Crippen molar-refractivity contribution >= 4 is 21.4 Å². The van der Waals surface area contributed by atoms with Gasteiger partial charge in [0.2, 0.25) is 0 Å². The van der Waals surface area contributed by atoms with Crippen molar-refractivity contribution in [2.24, 2.45) is 0 Å². The van der Waals surface area contributed by atoms with Gasteiger partial charge in [-0.1, -0.05) is 6.07 Å². The van der Waals surface area contributed by atoms with E-state index in [0.29, 0.717) is 23.9 Å². The molecule has 1 aliphatic heterocycles. The Labute approximate surface area is 93.5 Å². The van der Waals surface area contributed by atoms with Gasteiger partial charge in [-0.3, -0.25) is 0 Å². The molecule has 1 aliphatic rings. The van der Waals surface area contributed by atoms with Crippen molar-refractivity contribution in [2.45, 2.75) is 17.2 Å². The van der Waals surface area contributed by atoms with Gasteiger partial charge in [-0.2, -0.15) is 4.31 Å². The molecule has 6 heteroatoms. The Morgan fingerprint density at radius 2 is 2.40 bits per heavy atom. The highest BCUT2D eigenvalue weighted by Crippen LogP contribution is 2.22. The maximum atomic E-state index is 12.1. The third kappa shape index (κ3) is 2.23. The first kappa shape index (κ1) is 11.1. The van der Waals surface area contributed by atoms with Crippen LogP contribution in [0, 0.1) is 0 Å². The second kappa shape index (κ2) is 4.21. The lowest BCUT2D eigenvalue weighted by molar-refractivity contribution is 0.0102. The molecule has 0 saturated carbocycles. The van der Waals surface area contributed by atoms with E-state index in [4.69, 9.17) is 4.74 Å². The molecule has 0 radical (unpaired) electrons. The highest BCUT2D eigenvalue weighted by molar-refractivity contribution is 7.91. The van der Waals surface area contributed by atoms with Crippen LogP contribution < -0.4 is 0 Å². The minimum absolute atomic E-state index is 0.0199. The fourth-order valence-electron chi connectivity index (χ4n) is 1.54. The first-order chi connectivity index (χ1) is 7.10. The van der Waals surface area contributed by atoms with E-state index in [1.165, 1.54) is 15.6 Å². The first-order valence-electron chi connectivity index (χ1n) is 4.76. The largest absolute Gasteiger partial charge is 0.376 e. The Balaban J connectivity index is 2.22. The smallest absolute Gasteiger partial charge is 0.252 e. The van der Waals surface area contributed by atoms with Crippen molar-refractivity contribution in [3.05, 3.63) is 17.5 Å². The van der Waals surface area contributed by atoms with Gasteiger partial charge in [-0.05, 0) is 18.4 Å². The summed E-state index contributed by atoms with van der Waals surface area (Å²) >= 11 is 1.25. The number of rotatable bonds is 2. The molecule has 4 nitrogen and oxygen atoms in total. The minimum Gasteiger partial charge on any atom is -0.376 e. The molecular formula is C9H13NO3S2. The Morgan fingerprint density at radius 1 is 1.60 bits per heavy atom. The summed E-state index contributed by atoms with van der Waals surface area (Å²) in [6.07, 6.45) is -0.0199. The van der Waals surface area contributed by atoms with Crippen LogP contribution in [0.4, 0.5) is 0 Å². The Morgan fingerprint density at radius 3 is 3.00 bits per heavy atom. The van der Waals surface area contributed by atoms with Crippen LogP contribution >= 0.6 is 11.3 Å². The summed E-state index contributed by atoms with van der Waals surface area (Å²) in [5.74, 6) is 0. The highest BCUT2D eigenvalue weighted by atomic mass is 32.2. The van der Waals surface area contributed by atoms with Gasteiger partial charge in [-0.25, -0.2) is 8.42 Å². The van der Waals surface area contributed by atoms with Crippen LogP contribution in [0.2, 0.25) is 0 Å². The van der Waals surface area contributed by atoms with Crippen LogP contribution in [0.1, 0.15) is 6.92 Å². The lowest BCUT2D eigenvalue weighted by Crippen LogP contribution is -2.44. The lowest BCUT2D eigenvalue weighted by Gasteiger charge is -2.29. The second-order valence-electron chi connectivity index (χ2n) is 3.48. The van der Waals surface area contributed by atoms with E-state index in [0.717, 1.165) is 0 Å². The van der Waals surface area contributed by atoms with Gasteiger partial charge in [0.1, 0.15) is 4.21 Å². The summed E-state index contributed by atoms with van der Waals surface area (Å²) in [6.45, 7) is 3.26. The number of ether oxygens (including phenoxy) is 1. The van der Waals surface area contributed by atoms with Crippen LogP contribution in [0.5, 0.6) is 0 Å². The average Bonchev–Trinajstić information content (AvgIpc) is 2.71. The zero-order valence-corrected chi connectivity index (χ0v) is 10.1. The van der Waals surface area contributed by atoms with Gasteiger partial charge >= 0.3 is 0 Å². The quantitative estimate of drug-likeness (QED) is 0.788. The molecule has 0 aliphatic carbocycles. The SMILES string of the molecule is C[C@H]1CN(S(=O)(=O)c2cccs2)CCO1. The molecule has 0 N–H and O–H groups in total. The van der Waals surface area contributed by atoms with Gasteiger partial charge in [0.05, 0.1) is 12.7 Å². The maximum Gasteiger partial charge on any atom is 0.252 e. The molecule has 15 heavy (non-hydrogen) atoms. The number of nitrogens with zero attached hydrogens (tertiary/aromatic N) is 1. The Hall–Kier alpha value is -0.430. The van der Waals surface area contributed by atoms with Crippen molar-refractivity contribution < 1.29 is 13.2 Å². The van der Waals surface area contributed by atoms with E-state index < -0.39 is 10.0 Å². The van der Waals surface area contributed by atoms with Gasteiger partial charge in [0.15, 0.2) is 0 Å². The summed E-state index contributed by atoms with van der Waals surface area (Å²) in [5, 5.41) is 1.77. The fourth-order valence-corrected chi connectivity index (χ4v) is 4.19. The van der Waals surface area contributed by atoms with Crippen LogP contribution in [0.25, 0.3) is 0 Å². The van der Waals surface area contributed by atoms with Gasteiger partial charge in [0, 0.05) is 13.1 Å².